The van der Waals surface area contributed by atoms with Gasteiger partial charge in [0.15, 0.2) is 0 Å². The fraction of sp³-hybridized carbons (Fsp3) is 0.824. The molecule has 0 spiro atoms. The van der Waals surface area contributed by atoms with Crippen molar-refractivity contribution in [2.24, 2.45) is 17.3 Å². The third-order valence-electron chi connectivity index (χ3n) is 5.00. The number of nitrogens with zero attached hydrogens (tertiary/aromatic N) is 2. The van der Waals surface area contributed by atoms with E-state index in [9.17, 15) is 5.11 Å². The Morgan fingerprint density at radius 2 is 1.95 bits per heavy atom. The number of aliphatic hydroxyl groups excluding tert-OH is 1. The van der Waals surface area contributed by atoms with E-state index in [0.29, 0.717) is 11.3 Å². The van der Waals surface area contributed by atoms with Crippen molar-refractivity contribution in [1.82, 2.24) is 9.78 Å². The molecule has 114 valence electrons. The zero-order valence-electron chi connectivity index (χ0n) is 13.5. The molecule has 1 aromatic heterocycles. The molecule has 1 N–H and O–H groups in total. The highest BCUT2D eigenvalue weighted by atomic mass is 16.3. The lowest BCUT2D eigenvalue weighted by atomic mass is 9.68. The maximum atomic E-state index is 10.5. The van der Waals surface area contributed by atoms with Crippen molar-refractivity contribution in [3.8, 4) is 0 Å². The third-order valence-corrected chi connectivity index (χ3v) is 5.00. The van der Waals surface area contributed by atoms with Crippen molar-refractivity contribution in [2.45, 2.75) is 72.4 Å². The standard InChI is InChI=1S/C17H30N2O/c1-5-19-12-13(11-18-19)10-16(20)14-6-8-15(9-7-14)17(2,3)4/h11-12,14-16,20H,5-10H2,1-4H3. The summed E-state index contributed by atoms with van der Waals surface area (Å²) in [5, 5.41) is 14.7. The number of aliphatic hydroxyl groups is 1. The van der Waals surface area contributed by atoms with E-state index in [1.807, 2.05) is 10.9 Å². The van der Waals surface area contributed by atoms with E-state index in [1.165, 1.54) is 25.7 Å². The summed E-state index contributed by atoms with van der Waals surface area (Å²) in [4.78, 5) is 0. The molecule has 1 fully saturated rings. The summed E-state index contributed by atoms with van der Waals surface area (Å²) >= 11 is 0. The summed E-state index contributed by atoms with van der Waals surface area (Å²) < 4.78 is 1.93. The van der Waals surface area contributed by atoms with E-state index in [-0.39, 0.29) is 6.10 Å². The van der Waals surface area contributed by atoms with Crippen LogP contribution in [0.4, 0.5) is 0 Å². The normalized spacial score (nSPS) is 25.6. The molecule has 3 nitrogen and oxygen atoms in total. The van der Waals surface area contributed by atoms with E-state index >= 15 is 0 Å². The van der Waals surface area contributed by atoms with Crippen molar-refractivity contribution < 1.29 is 5.11 Å². The average Bonchev–Trinajstić information content (AvgIpc) is 2.85. The summed E-state index contributed by atoms with van der Waals surface area (Å²) in [6, 6.07) is 0. The lowest BCUT2D eigenvalue weighted by Crippen LogP contribution is -2.31. The first kappa shape index (κ1) is 15.6. The van der Waals surface area contributed by atoms with E-state index in [2.05, 4.69) is 39.0 Å². The Labute approximate surface area is 123 Å². The van der Waals surface area contributed by atoms with Gasteiger partial charge in [0.1, 0.15) is 0 Å². The second-order valence-electron chi connectivity index (χ2n) is 7.45. The van der Waals surface area contributed by atoms with Gasteiger partial charge in [-0.1, -0.05) is 20.8 Å². The van der Waals surface area contributed by atoms with Crippen molar-refractivity contribution in [1.29, 1.82) is 0 Å². The van der Waals surface area contributed by atoms with E-state index in [4.69, 9.17) is 0 Å². The van der Waals surface area contributed by atoms with Gasteiger partial charge in [-0.3, -0.25) is 4.68 Å². The van der Waals surface area contributed by atoms with Crippen molar-refractivity contribution in [3.05, 3.63) is 18.0 Å². The minimum Gasteiger partial charge on any atom is -0.392 e. The molecule has 1 saturated carbocycles. The van der Waals surface area contributed by atoms with Gasteiger partial charge in [0.25, 0.3) is 0 Å². The molecule has 1 aromatic rings. The Balaban J connectivity index is 1.84. The van der Waals surface area contributed by atoms with E-state index in [0.717, 1.165) is 24.4 Å². The molecule has 0 amide bonds. The molecule has 0 aliphatic heterocycles. The van der Waals surface area contributed by atoms with Crippen molar-refractivity contribution >= 4 is 0 Å². The minimum absolute atomic E-state index is 0.203. The van der Waals surface area contributed by atoms with Gasteiger partial charge in [-0.2, -0.15) is 5.10 Å². The summed E-state index contributed by atoms with van der Waals surface area (Å²) in [6.45, 7) is 10.0. The van der Waals surface area contributed by atoms with Crippen LogP contribution < -0.4 is 0 Å². The topological polar surface area (TPSA) is 38.0 Å². The zero-order valence-corrected chi connectivity index (χ0v) is 13.5. The molecule has 0 radical (unpaired) electrons. The zero-order chi connectivity index (χ0) is 14.8. The number of aryl methyl sites for hydroxylation is 1. The van der Waals surface area contributed by atoms with Gasteiger partial charge in [-0.05, 0) is 55.4 Å². The highest BCUT2D eigenvalue weighted by Crippen LogP contribution is 2.40. The van der Waals surface area contributed by atoms with Crippen molar-refractivity contribution in [3.63, 3.8) is 0 Å². The molecule has 1 atom stereocenters. The largest absolute Gasteiger partial charge is 0.392 e. The lowest BCUT2D eigenvalue weighted by molar-refractivity contribution is 0.0537. The van der Waals surface area contributed by atoms with Crippen LogP contribution in [0.1, 0.15) is 58.9 Å². The maximum Gasteiger partial charge on any atom is 0.0609 e. The van der Waals surface area contributed by atoms with E-state index in [1.54, 1.807) is 0 Å². The number of hydrogen-bond acceptors (Lipinski definition) is 2. The van der Waals surface area contributed by atoms with Crippen LogP contribution in [0, 0.1) is 17.3 Å². The first-order chi connectivity index (χ1) is 9.40. The van der Waals surface area contributed by atoms with Gasteiger partial charge >= 0.3 is 0 Å². The Hall–Kier alpha value is -0.830. The fourth-order valence-electron chi connectivity index (χ4n) is 3.46. The number of hydrogen-bond donors (Lipinski definition) is 1. The predicted octanol–water partition coefficient (Wildman–Crippen LogP) is 3.66. The smallest absolute Gasteiger partial charge is 0.0609 e. The van der Waals surface area contributed by atoms with Crippen LogP contribution in [0.15, 0.2) is 12.4 Å². The molecule has 1 heterocycles. The SMILES string of the molecule is CCn1cc(CC(O)C2CCC(C(C)(C)C)CC2)cn1. The van der Waals surface area contributed by atoms with Crippen molar-refractivity contribution in [2.75, 3.05) is 0 Å². The van der Waals surface area contributed by atoms with Crippen LogP contribution in [0.25, 0.3) is 0 Å². The van der Waals surface area contributed by atoms with Gasteiger partial charge in [0.05, 0.1) is 12.3 Å². The Morgan fingerprint density at radius 1 is 1.30 bits per heavy atom. The molecule has 1 aliphatic rings. The Morgan fingerprint density at radius 3 is 2.45 bits per heavy atom. The van der Waals surface area contributed by atoms with E-state index < -0.39 is 0 Å². The molecule has 20 heavy (non-hydrogen) atoms. The van der Waals surface area contributed by atoms with Crippen LogP contribution in [0.5, 0.6) is 0 Å². The summed E-state index contributed by atoms with van der Waals surface area (Å²) in [7, 11) is 0. The van der Waals surface area contributed by atoms with Gasteiger partial charge in [0, 0.05) is 19.2 Å². The van der Waals surface area contributed by atoms with Crippen LogP contribution in [0.2, 0.25) is 0 Å². The van der Waals surface area contributed by atoms with Crippen LogP contribution in [0.3, 0.4) is 0 Å². The molecule has 0 aromatic carbocycles. The summed E-state index contributed by atoms with van der Waals surface area (Å²) in [6.07, 6.45) is 9.38. The summed E-state index contributed by atoms with van der Waals surface area (Å²) in [5.41, 5.74) is 1.58. The van der Waals surface area contributed by atoms with Crippen LogP contribution in [-0.4, -0.2) is 21.0 Å². The molecule has 0 saturated heterocycles. The predicted molar refractivity (Wildman–Crippen MR) is 82.5 cm³/mol. The molecule has 1 unspecified atom stereocenters. The van der Waals surface area contributed by atoms with Crippen LogP contribution in [-0.2, 0) is 13.0 Å². The maximum absolute atomic E-state index is 10.5. The van der Waals surface area contributed by atoms with Gasteiger partial charge in [-0.15, -0.1) is 0 Å². The number of aromatic nitrogens is 2. The minimum atomic E-state index is -0.203. The van der Waals surface area contributed by atoms with Gasteiger partial charge in [0.2, 0.25) is 0 Å². The fourth-order valence-corrected chi connectivity index (χ4v) is 3.46. The monoisotopic (exact) mass is 278 g/mol. The Bertz CT molecular complexity index is 411. The highest BCUT2D eigenvalue weighted by Gasteiger charge is 2.32. The van der Waals surface area contributed by atoms with Gasteiger partial charge < -0.3 is 5.11 Å². The first-order valence-electron chi connectivity index (χ1n) is 8.09. The highest BCUT2D eigenvalue weighted by molar-refractivity contribution is 5.06. The molecule has 3 heteroatoms. The lowest BCUT2D eigenvalue weighted by Gasteiger charge is -2.38. The second-order valence-corrected chi connectivity index (χ2v) is 7.45. The molecular formula is C17H30N2O. The van der Waals surface area contributed by atoms with Gasteiger partial charge in [-0.25, -0.2) is 0 Å². The summed E-state index contributed by atoms with van der Waals surface area (Å²) in [5.74, 6) is 1.28. The third kappa shape index (κ3) is 3.85. The molecule has 1 aliphatic carbocycles. The molecule has 0 bridgehead atoms. The second kappa shape index (κ2) is 6.30. The first-order valence-corrected chi connectivity index (χ1v) is 8.09. The number of rotatable bonds is 4. The molecular weight excluding hydrogens is 248 g/mol. The quantitative estimate of drug-likeness (QED) is 0.912. The average molecular weight is 278 g/mol. The van der Waals surface area contributed by atoms with Crippen LogP contribution >= 0.6 is 0 Å². The molecule has 2 rings (SSSR count). The Kier molecular flexibility index (Phi) is 4.90.